The summed E-state index contributed by atoms with van der Waals surface area (Å²) >= 11 is 0. The molecule has 0 radical (unpaired) electrons. The number of rotatable bonds is 4. The SMILES string of the molecule is CC(NCCC(C)(C)C)c1ccc2c(c1)CCC2. The van der Waals surface area contributed by atoms with Crippen LogP contribution in [0.2, 0.25) is 0 Å². The largest absolute Gasteiger partial charge is 0.310 e. The quantitative estimate of drug-likeness (QED) is 0.835. The molecule has 0 saturated carbocycles. The van der Waals surface area contributed by atoms with Crippen LogP contribution in [0, 0.1) is 5.41 Å². The molecule has 1 aromatic rings. The van der Waals surface area contributed by atoms with E-state index in [1.165, 1.54) is 31.2 Å². The van der Waals surface area contributed by atoms with Crippen molar-refractivity contribution in [3.05, 3.63) is 34.9 Å². The van der Waals surface area contributed by atoms with E-state index in [1.807, 2.05) is 0 Å². The predicted molar refractivity (Wildman–Crippen MR) is 79.0 cm³/mol. The minimum Gasteiger partial charge on any atom is -0.310 e. The summed E-state index contributed by atoms with van der Waals surface area (Å²) in [5.74, 6) is 0. The fraction of sp³-hybridized carbons (Fsp3) is 0.647. The van der Waals surface area contributed by atoms with Crippen molar-refractivity contribution in [1.82, 2.24) is 5.32 Å². The Bertz CT molecular complexity index is 401. The lowest BCUT2D eigenvalue weighted by Gasteiger charge is -2.21. The summed E-state index contributed by atoms with van der Waals surface area (Å²) < 4.78 is 0. The van der Waals surface area contributed by atoms with Crippen molar-refractivity contribution in [2.24, 2.45) is 5.41 Å². The Morgan fingerprint density at radius 1 is 1.17 bits per heavy atom. The Balaban J connectivity index is 1.91. The van der Waals surface area contributed by atoms with Gasteiger partial charge in [-0.3, -0.25) is 0 Å². The average molecular weight is 245 g/mol. The van der Waals surface area contributed by atoms with Crippen molar-refractivity contribution in [2.75, 3.05) is 6.54 Å². The third-order valence-electron chi connectivity index (χ3n) is 3.95. The Labute approximate surface area is 112 Å². The van der Waals surface area contributed by atoms with E-state index in [-0.39, 0.29) is 0 Å². The molecule has 100 valence electrons. The van der Waals surface area contributed by atoms with Crippen molar-refractivity contribution >= 4 is 0 Å². The zero-order chi connectivity index (χ0) is 13.2. The number of hydrogen-bond acceptors (Lipinski definition) is 1. The number of nitrogens with one attached hydrogen (secondary N) is 1. The molecule has 1 heteroatoms. The summed E-state index contributed by atoms with van der Waals surface area (Å²) in [6, 6.07) is 7.52. The third kappa shape index (κ3) is 3.58. The molecule has 0 bridgehead atoms. The molecule has 0 aliphatic heterocycles. The molecule has 0 amide bonds. The Morgan fingerprint density at radius 3 is 2.61 bits per heavy atom. The zero-order valence-electron chi connectivity index (χ0n) is 12.3. The average Bonchev–Trinajstić information content (AvgIpc) is 2.73. The van der Waals surface area contributed by atoms with Crippen LogP contribution < -0.4 is 5.32 Å². The molecule has 0 spiro atoms. The summed E-state index contributed by atoms with van der Waals surface area (Å²) in [4.78, 5) is 0. The second-order valence-corrected chi connectivity index (χ2v) is 6.87. The number of hydrogen-bond donors (Lipinski definition) is 1. The lowest BCUT2D eigenvalue weighted by molar-refractivity contribution is 0.358. The molecule has 2 rings (SSSR count). The van der Waals surface area contributed by atoms with Crippen molar-refractivity contribution < 1.29 is 0 Å². The van der Waals surface area contributed by atoms with E-state index in [9.17, 15) is 0 Å². The van der Waals surface area contributed by atoms with Crippen molar-refractivity contribution in [2.45, 2.75) is 59.4 Å². The first kappa shape index (κ1) is 13.6. The van der Waals surface area contributed by atoms with E-state index < -0.39 is 0 Å². The summed E-state index contributed by atoms with van der Waals surface area (Å²) in [6.07, 6.45) is 5.12. The van der Waals surface area contributed by atoms with E-state index in [0.29, 0.717) is 11.5 Å². The van der Waals surface area contributed by atoms with Crippen molar-refractivity contribution in [3.8, 4) is 0 Å². The molecule has 1 aliphatic rings. The second-order valence-electron chi connectivity index (χ2n) is 6.87. The topological polar surface area (TPSA) is 12.0 Å². The highest BCUT2D eigenvalue weighted by atomic mass is 14.9. The van der Waals surface area contributed by atoms with Crippen LogP contribution in [0.4, 0.5) is 0 Å². The Kier molecular flexibility index (Phi) is 4.11. The van der Waals surface area contributed by atoms with Gasteiger partial charge in [-0.25, -0.2) is 0 Å². The zero-order valence-corrected chi connectivity index (χ0v) is 12.3. The molecule has 0 heterocycles. The lowest BCUT2D eigenvalue weighted by atomic mass is 9.92. The summed E-state index contributed by atoms with van der Waals surface area (Å²) in [6.45, 7) is 10.3. The number of benzene rings is 1. The highest BCUT2D eigenvalue weighted by Gasteiger charge is 2.14. The van der Waals surface area contributed by atoms with E-state index in [0.717, 1.165) is 6.54 Å². The van der Waals surface area contributed by atoms with Gasteiger partial charge in [0.2, 0.25) is 0 Å². The fourth-order valence-electron chi connectivity index (χ4n) is 2.64. The van der Waals surface area contributed by atoms with Crippen LogP contribution in [0.1, 0.15) is 63.3 Å². The molecular weight excluding hydrogens is 218 g/mol. The molecule has 1 aromatic carbocycles. The van der Waals surface area contributed by atoms with Crippen LogP contribution >= 0.6 is 0 Å². The molecule has 0 saturated heterocycles. The van der Waals surface area contributed by atoms with Gasteiger partial charge in [0.15, 0.2) is 0 Å². The molecule has 18 heavy (non-hydrogen) atoms. The first-order valence-electron chi connectivity index (χ1n) is 7.31. The lowest BCUT2D eigenvalue weighted by Crippen LogP contribution is -2.23. The molecule has 0 fully saturated rings. The highest BCUT2D eigenvalue weighted by Crippen LogP contribution is 2.25. The van der Waals surface area contributed by atoms with E-state index in [4.69, 9.17) is 0 Å². The second kappa shape index (κ2) is 5.44. The van der Waals surface area contributed by atoms with Gasteiger partial charge in [0, 0.05) is 6.04 Å². The predicted octanol–water partition coefficient (Wildman–Crippen LogP) is 4.26. The maximum atomic E-state index is 3.65. The maximum absolute atomic E-state index is 3.65. The summed E-state index contributed by atoms with van der Waals surface area (Å²) in [5.41, 5.74) is 5.02. The highest BCUT2D eigenvalue weighted by molar-refractivity contribution is 5.36. The first-order valence-corrected chi connectivity index (χ1v) is 7.31. The molecule has 1 N–H and O–H groups in total. The van der Waals surface area contributed by atoms with Gasteiger partial charge in [-0.05, 0) is 61.3 Å². The molecular formula is C17H27N. The van der Waals surface area contributed by atoms with Crippen LogP contribution in [0.25, 0.3) is 0 Å². The first-order chi connectivity index (χ1) is 8.46. The van der Waals surface area contributed by atoms with Gasteiger partial charge in [-0.1, -0.05) is 39.0 Å². The van der Waals surface area contributed by atoms with Crippen LogP contribution in [0.5, 0.6) is 0 Å². The van der Waals surface area contributed by atoms with E-state index in [2.05, 4.69) is 51.2 Å². The molecule has 0 aromatic heterocycles. The fourth-order valence-corrected chi connectivity index (χ4v) is 2.64. The van der Waals surface area contributed by atoms with Crippen LogP contribution in [0.15, 0.2) is 18.2 Å². The van der Waals surface area contributed by atoms with Crippen molar-refractivity contribution in [1.29, 1.82) is 0 Å². The van der Waals surface area contributed by atoms with Gasteiger partial charge in [-0.15, -0.1) is 0 Å². The number of fused-ring (bicyclic) bond motifs is 1. The van der Waals surface area contributed by atoms with Gasteiger partial charge in [0.25, 0.3) is 0 Å². The van der Waals surface area contributed by atoms with E-state index in [1.54, 1.807) is 11.1 Å². The molecule has 1 atom stereocenters. The Hall–Kier alpha value is -0.820. The minimum atomic E-state index is 0.421. The number of aryl methyl sites for hydroxylation is 2. The Morgan fingerprint density at radius 2 is 1.89 bits per heavy atom. The maximum Gasteiger partial charge on any atom is 0.0291 e. The van der Waals surface area contributed by atoms with Crippen LogP contribution in [0.3, 0.4) is 0 Å². The molecule has 1 nitrogen and oxygen atoms in total. The van der Waals surface area contributed by atoms with Gasteiger partial charge in [-0.2, -0.15) is 0 Å². The van der Waals surface area contributed by atoms with E-state index >= 15 is 0 Å². The molecule has 1 unspecified atom stereocenters. The third-order valence-corrected chi connectivity index (χ3v) is 3.95. The standard InChI is InChI=1S/C17H27N/c1-13(18-11-10-17(2,3)4)15-9-8-14-6-5-7-16(14)12-15/h8-9,12-13,18H,5-7,10-11H2,1-4H3. The smallest absolute Gasteiger partial charge is 0.0291 e. The van der Waals surface area contributed by atoms with Gasteiger partial charge in [0.1, 0.15) is 0 Å². The van der Waals surface area contributed by atoms with Gasteiger partial charge in [0.05, 0.1) is 0 Å². The van der Waals surface area contributed by atoms with Gasteiger partial charge >= 0.3 is 0 Å². The van der Waals surface area contributed by atoms with Crippen LogP contribution in [-0.2, 0) is 12.8 Å². The van der Waals surface area contributed by atoms with Crippen molar-refractivity contribution in [3.63, 3.8) is 0 Å². The van der Waals surface area contributed by atoms with Gasteiger partial charge < -0.3 is 5.32 Å². The minimum absolute atomic E-state index is 0.421. The molecule has 1 aliphatic carbocycles. The van der Waals surface area contributed by atoms with Crippen LogP contribution in [-0.4, -0.2) is 6.54 Å². The summed E-state index contributed by atoms with van der Waals surface area (Å²) in [7, 11) is 0. The normalized spacial score (nSPS) is 16.7. The summed E-state index contributed by atoms with van der Waals surface area (Å²) in [5, 5.41) is 3.65. The monoisotopic (exact) mass is 245 g/mol.